The number of aryl methyl sites for hydroxylation is 2. The van der Waals surface area contributed by atoms with Gasteiger partial charge < -0.3 is 9.88 Å². The van der Waals surface area contributed by atoms with Crippen LogP contribution in [0, 0.1) is 6.92 Å². The van der Waals surface area contributed by atoms with Gasteiger partial charge in [0.25, 0.3) is 0 Å². The molecule has 0 saturated heterocycles. The minimum absolute atomic E-state index is 0.311. The highest BCUT2D eigenvalue weighted by Crippen LogP contribution is 2.27. The number of hydrogen-bond donors (Lipinski definition) is 1. The van der Waals surface area contributed by atoms with Crippen LogP contribution in [0.25, 0.3) is 11.4 Å². The molecule has 2 aromatic heterocycles. The molecule has 0 aliphatic rings. The Morgan fingerprint density at radius 1 is 1.19 bits per heavy atom. The summed E-state index contributed by atoms with van der Waals surface area (Å²) in [6.07, 6.45) is 1.71. The lowest BCUT2D eigenvalue weighted by atomic mass is 10.1. The number of aromatic nitrogens is 3. The van der Waals surface area contributed by atoms with Gasteiger partial charge in [0.05, 0.1) is 6.04 Å². The van der Waals surface area contributed by atoms with Crippen molar-refractivity contribution >= 4 is 17.0 Å². The molecule has 1 atom stereocenters. The van der Waals surface area contributed by atoms with Gasteiger partial charge in [-0.2, -0.15) is 0 Å². The molecular weight excluding hydrogens is 280 g/mol. The van der Waals surface area contributed by atoms with Crippen molar-refractivity contribution in [2.24, 2.45) is 7.05 Å². The molecule has 1 aromatic carbocycles. The fourth-order valence-electron chi connectivity index (χ4n) is 2.40. The fourth-order valence-corrected chi connectivity index (χ4v) is 3.34. The Hall–Kier alpha value is -2.14. The molecule has 0 fully saturated rings. The van der Waals surface area contributed by atoms with Crippen LogP contribution >= 0.6 is 11.3 Å². The zero-order valence-electron chi connectivity index (χ0n) is 12.4. The van der Waals surface area contributed by atoms with E-state index in [-0.39, 0.29) is 0 Å². The normalized spacial score (nSPS) is 12.3. The number of hydrogen-bond acceptors (Lipinski definition) is 4. The van der Waals surface area contributed by atoms with E-state index in [9.17, 15) is 0 Å². The minimum atomic E-state index is 0.311. The zero-order valence-corrected chi connectivity index (χ0v) is 13.2. The number of benzene rings is 1. The predicted molar refractivity (Wildman–Crippen MR) is 87.5 cm³/mol. The van der Waals surface area contributed by atoms with Crippen molar-refractivity contribution in [3.8, 4) is 11.4 Å². The first-order valence-electron chi connectivity index (χ1n) is 6.90. The van der Waals surface area contributed by atoms with Crippen LogP contribution in [0.1, 0.15) is 23.4 Å². The van der Waals surface area contributed by atoms with Gasteiger partial charge in [-0.25, -0.2) is 0 Å². The van der Waals surface area contributed by atoms with Crippen LogP contribution in [-0.4, -0.2) is 14.8 Å². The lowest BCUT2D eigenvalue weighted by Crippen LogP contribution is -2.05. The molecule has 3 rings (SSSR count). The second-order valence-electron chi connectivity index (χ2n) is 5.18. The highest BCUT2D eigenvalue weighted by molar-refractivity contribution is 7.10. The third-order valence-electron chi connectivity index (χ3n) is 3.53. The molecule has 5 heteroatoms. The van der Waals surface area contributed by atoms with E-state index in [1.54, 1.807) is 17.7 Å². The second-order valence-corrected chi connectivity index (χ2v) is 6.12. The smallest absolute Gasteiger partial charge is 0.163 e. The van der Waals surface area contributed by atoms with Gasteiger partial charge in [-0.3, -0.25) is 0 Å². The van der Waals surface area contributed by atoms with Crippen molar-refractivity contribution in [2.75, 3.05) is 5.32 Å². The van der Waals surface area contributed by atoms with Crippen molar-refractivity contribution in [3.63, 3.8) is 0 Å². The maximum absolute atomic E-state index is 4.12. The van der Waals surface area contributed by atoms with Crippen molar-refractivity contribution < 1.29 is 0 Å². The SMILES string of the molecule is Cc1ccsc1C(C)Nc1ccc(-c2nncn2C)cc1. The first kappa shape index (κ1) is 13.8. The Morgan fingerprint density at radius 3 is 2.52 bits per heavy atom. The van der Waals surface area contributed by atoms with Crippen LogP contribution in [-0.2, 0) is 7.05 Å². The van der Waals surface area contributed by atoms with Gasteiger partial charge in [-0.15, -0.1) is 21.5 Å². The Kier molecular flexibility index (Phi) is 3.75. The summed E-state index contributed by atoms with van der Waals surface area (Å²) in [5.41, 5.74) is 3.53. The Bertz CT molecular complexity index is 727. The second kappa shape index (κ2) is 5.69. The molecule has 0 amide bonds. The van der Waals surface area contributed by atoms with Gasteiger partial charge in [-0.05, 0) is 55.1 Å². The first-order chi connectivity index (χ1) is 10.1. The van der Waals surface area contributed by atoms with E-state index in [0.29, 0.717) is 6.04 Å². The molecular formula is C16H18N4S. The molecule has 0 saturated carbocycles. The van der Waals surface area contributed by atoms with E-state index in [2.05, 4.69) is 65.1 Å². The van der Waals surface area contributed by atoms with Gasteiger partial charge in [-0.1, -0.05) is 0 Å². The van der Waals surface area contributed by atoms with Gasteiger partial charge >= 0.3 is 0 Å². The summed E-state index contributed by atoms with van der Waals surface area (Å²) in [6.45, 7) is 4.34. The summed E-state index contributed by atoms with van der Waals surface area (Å²) in [5.74, 6) is 0.878. The molecule has 1 unspecified atom stereocenters. The number of rotatable bonds is 4. The Balaban J connectivity index is 1.76. The molecule has 108 valence electrons. The molecule has 0 aliphatic heterocycles. The van der Waals surface area contributed by atoms with Crippen LogP contribution in [0.15, 0.2) is 42.0 Å². The molecule has 2 heterocycles. The van der Waals surface area contributed by atoms with E-state index < -0.39 is 0 Å². The van der Waals surface area contributed by atoms with Gasteiger partial charge in [0, 0.05) is 23.2 Å². The standard InChI is InChI=1S/C16H18N4S/c1-11-8-9-21-15(11)12(2)18-14-6-4-13(5-7-14)16-19-17-10-20(16)3/h4-10,12,18H,1-3H3. The first-order valence-corrected chi connectivity index (χ1v) is 7.78. The lowest BCUT2D eigenvalue weighted by molar-refractivity contribution is 0.898. The van der Waals surface area contributed by atoms with Crippen LogP contribution in [0.4, 0.5) is 5.69 Å². The summed E-state index contributed by atoms with van der Waals surface area (Å²) in [6, 6.07) is 10.8. The predicted octanol–water partition coefficient (Wildman–Crippen LogP) is 4.03. The quantitative estimate of drug-likeness (QED) is 0.791. The number of nitrogens with zero attached hydrogens (tertiary/aromatic N) is 3. The third-order valence-corrected chi connectivity index (χ3v) is 4.73. The van der Waals surface area contributed by atoms with E-state index in [4.69, 9.17) is 0 Å². The summed E-state index contributed by atoms with van der Waals surface area (Å²) in [4.78, 5) is 1.38. The molecule has 0 radical (unpaired) electrons. The molecule has 21 heavy (non-hydrogen) atoms. The maximum atomic E-state index is 4.12. The maximum Gasteiger partial charge on any atom is 0.163 e. The molecule has 4 nitrogen and oxygen atoms in total. The monoisotopic (exact) mass is 298 g/mol. The van der Waals surface area contributed by atoms with Crippen LogP contribution in [0.3, 0.4) is 0 Å². The molecule has 3 aromatic rings. The topological polar surface area (TPSA) is 42.7 Å². The summed E-state index contributed by atoms with van der Waals surface area (Å²) >= 11 is 1.80. The molecule has 0 bridgehead atoms. The van der Waals surface area contributed by atoms with Crippen molar-refractivity contribution in [1.29, 1.82) is 0 Å². The summed E-state index contributed by atoms with van der Waals surface area (Å²) in [7, 11) is 1.95. The fraction of sp³-hybridized carbons (Fsp3) is 0.250. The van der Waals surface area contributed by atoms with Crippen LogP contribution < -0.4 is 5.32 Å². The molecule has 0 aliphatic carbocycles. The van der Waals surface area contributed by atoms with Gasteiger partial charge in [0.15, 0.2) is 5.82 Å². The molecule has 1 N–H and O–H groups in total. The summed E-state index contributed by atoms with van der Waals surface area (Å²) < 4.78 is 1.92. The van der Waals surface area contributed by atoms with E-state index in [1.165, 1.54) is 10.4 Å². The Labute approximate surface area is 128 Å². The van der Waals surface area contributed by atoms with Gasteiger partial charge in [0.2, 0.25) is 0 Å². The largest absolute Gasteiger partial charge is 0.378 e. The van der Waals surface area contributed by atoms with Crippen molar-refractivity contribution in [1.82, 2.24) is 14.8 Å². The zero-order chi connectivity index (χ0) is 14.8. The van der Waals surface area contributed by atoms with E-state index in [1.807, 2.05) is 11.6 Å². The Morgan fingerprint density at radius 2 is 1.95 bits per heavy atom. The molecule has 0 spiro atoms. The lowest BCUT2D eigenvalue weighted by Gasteiger charge is -2.15. The summed E-state index contributed by atoms with van der Waals surface area (Å²) in [5, 5.41) is 13.7. The van der Waals surface area contributed by atoms with Gasteiger partial charge in [0.1, 0.15) is 6.33 Å². The van der Waals surface area contributed by atoms with E-state index >= 15 is 0 Å². The number of anilines is 1. The van der Waals surface area contributed by atoms with E-state index in [0.717, 1.165) is 17.1 Å². The minimum Gasteiger partial charge on any atom is -0.378 e. The average molecular weight is 298 g/mol. The number of nitrogens with one attached hydrogen (secondary N) is 1. The van der Waals surface area contributed by atoms with Crippen molar-refractivity contribution in [3.05, 3.63) is 52.5 Å². The highest BCUT2D eigenvalue weighted by Gasteiger charge is 2.10. The van der Waals surface area contributed by atoms with Crippen molar-refractivity contribution in [2.45, 2.75) is 19.9 Å². The highest BCUT2D eigenvalue weighted by atomic mass is 32.1. The van der Waals surface area contributed by atoms with Crippen LogP contribution in [0.5, 0.6) is 0 Å². The number of thiophene rings is 1. The average Bonchev–Trinajstić information content (AvgIpc) is 3.08. The van der Waals surface area contributed by atoms with Crippen LogP contribution in [0.2, 0.25) is 0 Å². The third kappa shape index (κ3) is 2.83.